The largest absolute Gasteiger partial charge is 0.508 e. The van der Waals surface area contributed by atoms with Gasteiger partial charge in [-0.05, 0) is 44.5 Å². The number of aryl methyl sites for hydroxylation is 2. The summed E-state index contributed by atoms with van der Waals surface area (Å²) in [6.45, 7) is 5.42. The SMILES string of the molecule is Cc1ccc(O)c(C)c1-c1nc(-c2cccnc2Nc2nccnc2C)nc(C(N)=O)c1N. The van der Waals surface area contributed by atoms with Gasteiger partial charge in [-0.2, -0.15) is 0 Å². The Morgan fingerprint density at radius 2 is 1.70 bits per heavy atom. The summed E-state index contributed by atoms with van der Waals surface area (Å²) in [5, 5.41) is 13.4. The first-order valence-corrected chi connectivity index (χ1v) is 10.0. The van der Waals surface area contributed by atoms with Crippen molar-refractivity contribution in [1.82, 2.24) is 24.9 Å². The number of phenolic OH excluding ortho intramolecular Hbond substituents is 1. The van der Waals surface area contributed by atoms with Gasteiger partial charge in [-0.25, -0.2) is 19.9 Å². The third kappa shape index (κ3) is 4.01. The molecule has 4 rings (SSSR count). The number of nitrogens with two attached hydrogens (primary N) is 2. The summed E-state index contributed by atoms with van der Waals surface area (Å²) < 4.78 is 0. The number of benzene rings is 1. The molecule has 0 saturated heterocycles. The number of nitrogens with zero attached hydrogens (tertiary/aromatic N) is 5. The number of aromatic nitrogens is 5. The number of nitrogen functional groups attached to an aromatic ring is 1. The minimum absolute atomic E-state index is 0.0335. The lowest BCUT2D eigenvalue weighted by molar-refractivity contribution is 0.0996. The molecular weight excluding hydrogens is 420 g/mol. The number of rotatable bonds is 5. The van der Waals surface area contributed by atoms with Gasteiger partial charge in [0, 0.05) is 29.7 Å². The molecule has 0 aliphatic heterocycles. The zero-order valence-electron chi connectivity index (χ0n) is 18.3. The molecule has 10 heteroatoms. The molecule has 0 aliphatic rings. The second-order valence-corrected chi connectivity index (χ2v) is 7.44. The lowest BCUT2D eigenvalue weighted by atomic mass is 9.97. The first-order chi connectivity index (χ1) is 15.8. The second-order valence-electron chi connectivity index (χ2n) is 7.44. The molecule has 0 atom stereocenters. The number of carbonyl (C=O) groups excluding carboxylic acids is 1. The van der Waals surface area contributed by atoms with Crippen LogP contribution in [0.2, 0.25) is 0 Å². The highest BCUT2D eigenvalue weighted by Crippen LogP contribution is 2.37. The van der Waals surface area contributed by atoms with E-state index in [4.69, 9.17) is 11.5 Å². The minimum atomic E-state index is -0.795. The minimum Gasteiger partial charge on any atom is -0.508 e. The Labute approximate surface area is 189 Å². The van der Waals surface area contributed by atoms with Crippen molar-refractivity contribution in [3.63, 3.8) is 0 Å². The molecule has 0 unspecified atom stereocenters. The van der Waals surface area contributed by atoms with Gasteiger partial charge in [0.1, 0.15) is 11.6 Å². The molecule has 1 aromatic carbocycles. The van der Waals surface area contributed by atoms with Crippen molar-refractivity contribution in [2.75, 3.05) is 11.1 Å². The number of phenols is 1. The summed E-state index contributed by atoms with van der Waals surface area (Å²) in [5.41, 5.74) is 15.2. The van der Waals surface area contributed by atoms with E-state index in [-0.39, 0.29) is 23.0 Å². The summed E-state index contributed by atoms with van der Waals surface area (Å²) in [7, 11) is 0. The number of carbonyl (C=O) groups is 1. The average Bonchev–Trinajstić information content (AvgIpc) is 2.79. The standard InChI is InChI=1S/C23H22N8O2/c1-11-6-7-15(32)12(2)16(11)18-17(24)19(20(25)33)30-23(29-18)14-5-4-8-27-22(14)31-21-13(3)26-9-10-28-21/h4-10,32H,24H2,1-3H3,(H2,25,33)(H,27,28,31). The Kier molecular flexibility index (Phi) is 5.57. The predicted octanol–water partition coefficient (Wildman–Crippen LogP) is 3.05. The summed E-state index contributed by atoms with van der Waals surface area (Å²) in [5.74, 6) is 0.403. The van der Waals surface area contributed by atoms with Crippen molar-refractivity contribution in [2.24, 2.45) is 5.73 Å². The summed E-state index contributed by atoms with van der Waals surface area (Å²) >= 11 is 0. The third-order valence-electron chi connectivity index (χ3n) is 5.23. The molecule has 0 bridgehead atoms. The lowest BCUT2D eigenvalue weighted by Crippen LogP contribution is -2.18. The van der Waals surface area contributed by atoms with Crippen molar-refractivity contribution >= 4 is 23.2 Å². The zero-order valence-corrected chi connectivity index (χ0v) is 18.3. The number of pyridine rings is 1. The highest BCUT2D eigenvalue weighted by Gasteiger charge is 2.23. The quantitative estimate of drug-likeness (QED) is 0.363. The first-order valence-electron chi connectivity index (χ1n) is 10.0. The van der Waals surface area contributed by atoms with Gasteiger partial charge in [0.15, 0.2) is 17.3 Å². The molecule has 0 aliphatic carbocycles. The maximum Gasteiger partial charge on any atom is 0.269 e. The molecule has 33 heavy (non-hydrogen) atoms. The van der Waals surface area contributed by atoms with Crippen LogP contribution in [0.1, 0.15) is 27.3 Å². The van der Waals surface area contributed by atoms with Crippen molar-refractivity contribution in [2.45, 2.75) is 20.8 Å². The van der Waals surface area contributed by atoms with Crippen LogP contribution in [0.3, 0.4) is 0 Å². The molecule has 1 amide bonds. The molecule has 166 valence electrons. The van der Waals surface area contributed by atoms with Crippen molar-refractivity contribution in [1.29, 1.82) is 0 Å². The molecule has 3 heterocycles. The van der Waals surface area contributed by atoms with Gasteiger partial charge in [-0.15, -0.1) is 0 Å². The molecule has 4 aromatic rings. The van der Waals surface area contributed by atoms with Gasteiger partial charge >= 0.3 is 0 Å². The van der Waals surface area contributed by atoms with Gasteiger partial charge < -0.3 is 21.9 Å². The van der Waals surface area contributed by atoms with E-state index in [2.05, 4.69) is 30.2 Å². The lowest BCUT2D eigenvalue weighted by Gasteiger charge is -2.16. The Morgan fingerprint density at radius 1 is 0.970 bits per heavy atom. The van der Waals surface area contributed by atoms with E-state index in [9.17, 15) is 9.90 Å². The highest BCUT2D eigenvalue weighted by molar-refractivity contribution is 6.00. The van der Waals surface area contributed by atoms with Crippen LogP contribution in [0.4, 0.5) is 17.3 Å². The normalized spacial score (nSPS) is 10.8. The van der Waals surface area contributed by atoms with Gasteiger partial charge in [-0.1, -0.05) is 6.07 Å². The summed E-state index contributed by atoms with van der Waals surface area (Å²) in [4.78, 5) is 34.1. The molecule has 0 fully saturated rings. The molecule has 0 spiro atoms. The van der Waals surface area contributed by atoms with Gasteiger partial charge in [0.2, 0.25) is 0 Å². The first kappa shape index (κ1) is 21.6. The monoisotopic (exact) mass is 442 g/mol. The topological polar surface area (TPSA) is 166 Å². The molecule has 6 N–H and O–H groups in total. The van der Waals surface area contributed by atoms with Crippen molar-refractivity contribution in [3.8, 4) is 28.4 Å². The van der Waals surface area contributed by atoms with Crippen molar-refractivity contribution < 1.29 is 9.90 Å². The van der Waals surface area contributed by atoms with E-state index in [0.717, 1.165) is 5.56 Å². The second kappa shape index (κ2) is 8.50. The molecule has 0 radical (unpaired) electrons. The van der Waals surface area contributed by atoms with Gasteiger partial charge in [0.25, 0.3) is 5.91 Å². The maximum absolute atomic E-state index is 12.2. The fourth-order valence-corrected chi connectivity index (χ4v) is 3.50. The number of primary amides is 1. The number of amides is 1. The van der Waals surface area contributed by atoms with Crippen LogP contribution >= 0.6 is 0 Å². The number of aromatic hydroxyl groups is 1. The van der Waals surface area contributed by atoms with E-state index in [0.29, 0.717) is 39.7 Å². The third-order valence-corrected chi connectivity index (χ3v) is 5.23. The summed E-state index contributed by atoms with van der Waals surface area (Å²) in [6.07, 6.45) is 4.76. The number of hydrogen-bond donors (Lipinski definition) is 4. The van der Waals surface area contributed by atoms with Crippen LogP contribution in [0.5, 0.6) is 5.75 Å². The molecule has 0 saturated carbocycles. The number of hydrogen-bond acceptors (Lipinski definition) is 9. The maximum atomic E-state index is 12.2. The number of anilines is 3. The van der Waals surface area contributed by atoms with Crippen LogP contribution in [0.25, 0.3) is 22.6 Å². The van der Waals surface area contributed by atoms with Crippen LogP contribution < -0.4 is 16.8 Å². The van der Waals surface area contributed by atoms with E-state index < -0.39 is 5.91 Å². The van der Waals surface area contributed by atoms with Crippen LogP contribution in [-0.2, 0) is 0 Å². The van der Waals surface area contributed by atoms with Crippen molar-refractivity contribution in [3.05, 3.63) is 65.4 Å². The summed E-state index contributed by atoms with van der Waals surface area (Å²) in [6, 6.07) is 6.81. The van der Waals surface area contributed by atoms with E-state index in [1.807, 2.05) is 13.8 Å². The van der Waals surface area contributed by atoms with Gasteiger partial charge in [-0.3, -0.25) is 9.78 Å². The van der Waals surface area contributed by atoms with Crippen LogP contribution in [0, 0.1) is 20.8 Å². The van der Waals surface area contributed by atoms with Crippen LogP contribution in [-0.4, -0.2) is 35.9 Å². The van der Waals surface area contributed by atoms with Crippen LogP contribution in [0.15, 0.2) is 42.9 Å². The highest BCUT2D eigenvalue weighted by atomic mass is 16.3. The Bertz CT molecular complexity index is 1390. The Balaban J connectivity index is 1.95. The van der Waals surface area contributed by atoms with E-state index >= 15 is 0 Å². The Hall–Kier alpha value is -4.60. The number of nitrogens with one attached hydrogen (secondary N) is 1. The van der Waals surface area contributed by atoms with E-state index in [1.54, 1.807) is 49.8 Å². The van der Waals surface area contributed by atoms with Gasteiger partial charge in [0.05, 0.1) is 22.6 Å². The molecule has 10 nitrogen and oxygen atoms in total. The fraction of sp³-hybridized carbons (Fsp3) is 0.130. The zero-order chi connectivity index (χ0) is 23.7. The molecule has 3 aromatic heterocycles. The molecular formula is C23H22N8O2. The predicted molar refractivity (Wildman–Crippen MR) is 125 cm³/mol. The average molecular weight is 442 g/mol. The Morgan fingerprint density at radius 3 is 2.42 bits per heavy atom. The fourth-order valence-electron chi connectivity index (χ4n) is 3.50. The smallest absolute Gasteiger partial charge is 0.269 e. The van der Waals surface area contributed by atoms with E-state index in [1.165, 1.54) is 0 Å².